The molecule has 4 aromatic rings. The van der Waals surface area contributed by atoms with Crippen LogP contribution in [0.5, 0.6) is 5.75 Å². The summed E-state index contributed by atoms with van der Waals surface area (Å²) in [5.74, 6) is 2.47. The predicted octanol–water partition coefficient (Wildman–Crippen LogP) is 4.46. The zero-order valence-electron chi connectivity index (χ0n) is 21.0. The summed E-state index contributed by atoms with van der Waals surface area (Å²) in [6.07, 6.45) is 2.60. The molecule has 5 rings (SSSR count). The molecule has 0 spiro atoms. The molecule has 1 unspecified atom stereocenters. The number of aromatic nitrogens is 4. The van der Waals surface area contributed by atoms with Gasteiger partial charge in [-0.1, -0.05) is 31.2 Å². The van der Waals surface area contributed by atoms with Crippen molar-refractivity contribution in [3.63, 3.8) is 0 Å². The third kappa shape index (κ3) is 4.89. The van der Waals surface area contributed by atoms with E-state index in [-0.39, 0.29) is 17.9 Å². The lowest BCUT2D eigenvalue weighted by atomic mass is 9.95. The number of nitrogens with zero attached hydrogens (tertiary/aromatic N) is 5. The Bertz CT molecular complexity index is 1320. The minimum atomic E-state index is -0.00405. The Hall–Kier alpha value is -3.94. The number of piperidine rings is 1. The molecule has 1 N–H and O–H groups in total. The molecular formula is C28H32N6O2. The van der Waals surface area contributed by atoms with Gasteiger partial charge in [-0.05, 0) is 73.7 Å². The quantitative estimate of drug-likeness (QED) is 0.417. The van der Waals surface area contributed by atoms with Crippen LogP contribution in [0, 0.1) is 5.92 Å². The second-order valence-corrected chi connectivity index (χ2v) is 9.30. The van der Waals surface area contributed by atoms with Gasteiger partial charge in [0, 0.05) is 24.6 Å². The summed E-state index contributed by atoms with van der Waals surface area (Å²) in [5.41, 5.74) is 4.05. The largest absolute Gasteiger partial charge is 0.497 e. The van der Waals surface area contributed by atoms with Crippen molar-refractivity contribution in [2.75, 3.05) is 25.1 Å². The van der Waals surface area contributed by atoms with Gasteiger partial charge in [-0.2, -0.15) is 4.52 Å². The lowest BCUT2D eigenvalue weighted by Gasteiger charge is -2.32. The van der Waals surface area contributed by atoms with Gasteiger partial charge in [-0.3, -0.25) is 4.79 Å². The SMILES string of the molecule is CCc1ccc(C(C)NC(=O)C2CCN(c3ccc4nnc(-c5ccc(OC)cc5)n4n3)CC2)cc1. The number of benzene rings is 2. The number of methoxy groups -OCH3 is 1. The van der Waals surface area contributed by atoms with Crippen molar-refractivity contribution in [2.45, 2.75) is 39.2 Å². The Kier molecular flexibility index (Phi) is 6.84. The molecule has 1 aliphatic rings. The third-order valence-electron chi connectivity index (χ3n) is 7.03. The van der Waals surface area contributed by atoms with Gasteiger partial charge in [-0.25, -0.2) is 0 Å². The van der Waals surface area contributed by atoms with Gasteiger partial charge in [0.25, 0.3) is 0 Å². The van der Waals surface area contributed by atoms with Crippen LogP contribution in [0.1, 0.15) is 43.9 Å². The maximum absolute atomic E-state index is 13.0. The Morgan fingerprint density at radius 1 is 1.03 bits per heavy atom. The van der Waals surface area contributed by atoms with E-state index in [1.165, 1.54) is 5.56 Å². The fourth-order valence-corrected chi connectivity index (χ4v) is 4.70. The standard InChI is InChI=1S/C28H32N6O2/c1-4-20-5-7-21(8-6-20)19(2)29-28(35)23-15-17-33(18-16-23)26-14-13-25-30-31-27(34(25)32-26)22-9-11-24(36-3)12-10-22/h5-14,19,23H,4,15-18H2,1-3H3,(H,29,35). The molecule has 1 saturated heterocycles. The van der Waals surface area contributed by atoms with Crippen LogP contribution in [0.2, 0.25) is 0 Å². The van der Waals surface area contributed by atoms with E-state index in [2.05, 4.69) is 51.6 Å². The Labute approximate surface area is 211 Å². The summed E-state index contributed by atoms with van der Waals surface area (Å²) in [5, 5.41) is 16.7. The smallest absolute Gasteiger partial charge is 0.223 e. The van der Waals surface area contributed by atoms with Gasteiger partial charge in [-0.15, -0.1) is 15.3 Å². The van der Waals surface area contributed by atoms with Crippen LogP contribution in [0.25, 0.3) is 17.0 Å². The van der Waals surface area contributed by atoms with Gasteiger partial charge in [0.05, 0.1) is 13.2 Å². The molecule has 2 aromatic carbocycles. The van der Waals surface area contributed by atoms with E-state index in [0.717, 1.165) is 55.0 Å². The number of carbonyl (C=O) groups is 1. The van der Waals surface area contributed by atoms with Crippen molar-refractivity contribution < 1.29 is 9.53 Å². The molecule has 1 fully saturated rings. The topological polar surface area (TPSA) is 84.7 Å². The molecular weight excluding hydrogens is 452 g/mol. The lowest BCUT2D eigenvalue weighted by molar-refractivity contribution is -0.126. The van der Waals surface area contributed by atoms with Gasteiger partial charge in [0.1, 0.15) is 11.6 Å². The van der Waals surface area contributed by atoms with Crippen molar-refractivity contribution in [1.29, 1.82) is 0 Å². The molecule has 186 valence electrons. The maximum atomic E-state index is 13.0. The molecule has 8 heteroatoms. The van der Waals surface area contributed by atoms with Crippen molar-refractivity contribution in [3.8, 4) is 17.1 Å². The summed E-state index contributed by atoms with van der Waals surface area (Å²) < 4.78 is 7.04. The number of carbonyl (C=O) groups excluding carboxylic acids is 1. The number of amides is 1. The zero-order valence-corrected chi connectivity index (χ0v) is 21.0. The maximum Gasteiger partial charge on any atom is 0.223 e. The monoisotopic (exact) mass is 484 g/mol. The summed E-state index contributed by atoms with van der Waals surface area (Å²) >= 11 is 0. The van der Waals surface area contributed by atoms with Gasteiger partial charge < -0.3 is 15.0 Å². The van der Waals surface area contributed by atoms with Crippen LogP contribution in [0.4, 0.5) is 5.82 Å². The Morgan fingerprint density at radius 3 is 2.42 bits per heavy atom. The highest BCUT2D eigenvalue weighted by molar-refractivity contribution is 5.79. The number of rotatable bonds is 7. The van der Waals surface area contributed by atoms with E-state index < -0.39 is 0 Å². The normalized spacial score (nSPS) is 15.1. The van der Waals surface area contributed by atoms with Crippen LogP contribution in [-0.4, -0.2) is 45.9 Å². The molecule has 0 aliphatic carbocycles. The number of nitrogens with one attached hydrogen (secondary N) is 1. The number of anilines is 1. The summed E-state index contributed by atoms with van der Waals surface area (Å²) in [7, 11) is 1.65. The second-order valence-electron chi connectivity index (χ2n) is 9.30. The minimum absolute atomic E-state index is 0.00405. The zero-order chi connectivity index (χ0) is 25.1. The average molecular weight is 485 g/mol. The molecule has 1 atom stereocenters. The molecule has 8 nitrogen and oxygen atoms in total. The van der Waals surface area contributed by atoms with Gasteiger partial charge in [0.15, 0.2) is 11.5 Å². The molecule has 0 saturated carbocycles. The van der Waals surface area contributed by atoms with Crippen LogP contribution < -0.4 is 15.0 Å². The first-order valence-corrected chi connectivity index (χ1v) is 12.6. The Balaban J connectivity index is 1.23. The molecule has 1 amide bonds. The van der Waals surface area contributed by atoms with Crippen LogP contribution >= 0.6 is 0 Å². The van der Waals surface area contributed by atoms with E-state index in [4.69, 9.17) is 9.84 Å². The Morgan fingerprint density at radius 2 is 1.75 bits per heavy atom. The molecule has 1 aliphatic heterocycles. The third-order valence-corrected chi connectivity index (χ3v) is 7.03. The van der Waals surface area contributed by atoms with Crippen molar-refractivity contribution in [2.24, 2.45) is 5.92 Å². The second kappa shape index (κ2) is 10.4. The van der Waals surface area contributed by atoms with Gasteiger partial charge >= 0.3 is 0 Å². The van der Waals surface area contributed by atoms with Gasteiger partial charge in [0.2, 0.25) is 5.91 Å². The molecule has 2 aromatic heterocycles. The number of aryl methyl sites for hydroxylation is 1. The highest BCUT2D eigenvalue weighted by Crippen LogP contribution is 2.26. The average Bonchev–Trinajstić information content (AvgIpc) is 3.36. The predicted molar refractivity (Wildman–Crippen MR) is 140 cm³/mol. The minimum Gasteiger partial charge on any atom is -0.497 e. The molecule has 0 radical (unpaired) electrons. The summed E-state index contributed by atoms with van der Waals surface area (Å²) in [4.78, 5) is 15.2. The summed E-state index contributed by atoms with van der Waals surface area (Å²) in [6, 6.07) is 20.1. The number of hydrogen-bond donors (Lipinski definition) is 1. The molecule has 0 bridgehead atoms. The van der Waals surface area contributed by atoms with E-state index in [1.54, 1.807) is 11.6 Å². The fraction of sp³-hybridized carbons (Fsp3) is 0.357. The van der Waals surface area contributed by atoms with E-state index in [0.29, 0.717) is 11.5 Å². The van der Waals surface area contributed by atoms with Crippen molar-refractivity contribution >= 4 is 17.4 Å². The van der Waals surface area contributed by atoms with Crippen molar-refractivity contribution in [3.05, 3.63) is 71.8 Å². The first-order valence-electron chi connectivity index (χ1n) is 12.6. The highest BCUT2D eigenvalue weighted by atomic mass is 16.5. The van der Waals surface area contributed by atoms with Crippen LogP contribution in [-0.2, 0) is 11.2 Å². The van der Waals surface area contributed by atoms with Crippen LogP contribution in [0.3, 0.4) is 0 Å². The molecule has 36 heavy (non-hydrogen) atoms. The van der Waals surface area contributed by atoms with E-state index >= 15 is 0 Å². The van der Waals surface area contributed by atoms with Crippen LogP contribution in [0.15, 0.2) is 60.7 Å². The van der Waals surface area contributed by atoms with E-state index in [1.807, 2.05) is 43.3 Å². The van der Waals surface area contributed by atoms with Crippen molar-refractivity contribution in [1.82, 2.24) is 25.1 Å². The first kappa shape index (κ1) is 23.8. The number of ether oxygens (including phenoxy) is 1. The number of fused-ring (bicyclic) bond motifs is 1. The fourth-order valence-electron chi connectivity index (χ4n) is 4.70. The first-order chi connectivity index (χ1) is 17.6. The highest BCUT2D eigenvalue weighted by Gasteiger charge is 2.27. The summed E-state index contributed by atoms with van der Waals surface area (Å²) in [6.45, 7) is 5.74. The molecule has 3 heterocycles. The number of hydrogen-bond acceptors (Lipinski definition) is 6. The van der Waals surface area contributed by atoms with E-state index in [9.17, 15) is 4.79 Å². The lowest BCUT2D eigenvalue weighted by Crippen LogP contribution is -2.41.